The van der Waals surface area contributed by atoms with Crippen molar-refractivity contribution in [3.63, 3.8) is 0 Å². The molecule has 0 bridgehead atoms. The third-order valence-electron chi connectivity index (χ3n) is 6.95. The van der Waals surface area contributed by atoms with Crippen LogP contribution in [0.3, 0.4) is 0 Å². The Bertz CT molecular complexity index is 1380. The Labute approximate surface area is 262 Å². The van der Waals surface area contributed by atoms with Crippen molar-refractivity contribution in [2.45, 2.75) is 97.9 Å². The van der Waals surface area contributed by atoms with Crippen LogP contribution in [0.15, 0.2) is 24.3 Å². The zero-order chi connectivity index (χ0) is 33.3. The fraction of sp³-hybridized carbons (Fsp3) is 0.531. The number of aliphatic hydroxyl groups excluding tert-OH is 1. The topological polar surface area (TPSA) is 173 Å². The number of rotatable bonds is 13. The average Bonchev–Trinajstić information content (AvgIpc) is 3.34. The summed E-state index contributed by atoms with van der Waals surface area (Å²) >= 11 is 0. The fourth-order valence-electron chi connectivity index (χ4n) is 5.01. The van der Waals surface area contributed by atoms with Gasteiger partial charge in [0.25, 0.3) is 0 Å². The summed E-state index contributed by atoms with van der Waals surface area (Å²) in [7, 11) is 0. The Kier molecular flexibility index (Phi) is 12.7. The molecule has 1 aromatic carbocycles. The molecule has 13 nitrogen and oxygen atoms in total. The molecular weight excluding hydrogens is 588 g/mol. The molecule has 3 rings (SSSR count). The van der Waals surface area contributed by atoms with Crippen molar-refractivity contribution >= 4 is 30.0 Å². The molecule has 246 valence electrons. The van der Waals surface area contributed by atoms with Gasteiger partial charge in [-0.25, -0.2) is 0 Å². The maximum absolute atomic E-state index is 12.2. The molecule has 0 spiro atoms. The summed E-state index contributed by atoms with van der Waals surface area (Å²) in [5.74, 6) is -2.63. The van der Waals surface area contributed by atoms with Gasteiger partial charge in [-0.3, -0.25) is 24.3 Å². The van der Waals surface area contributed by atoms with Crippen molar-refractivity contribution in [3.05, 3.63) is 52.2 Å². The van der Waals surface area contributed by atoms with Crippen LogP contribution >= 0.6 is 0 Å². The Morgan fingerprint density at radius 3 is 2.20 bits per heavy atom. The van der Waals surface area contributed by atoms with Crippen LogP contribution in [0.2, 0.25) is 0 Å². The number of aromatic amines is 1. The number of hydrogen-bond donors (Lipinski definition) is 2. The second kappa shape index (κ2) is 16.2. The van der Waals surface area contributed by atoms with Crippen LogP contribution in [0.4, 0.5) is 0 Å². The molecule has 5 atom stereocenters. The number of aliphatic hydroxyl groups is 1. The zero-order valence-corrected chi connectivity index (χ0v) is 26.7. The Hall–Kier alpha value is -4.23. The second-order valence-electron chi connectivity index (χ2n) is 11.0. The van der Waals surface area contributed by atoms with Gasteiger partial charge in [0, 0.05) is 52.0 Å². The maximum Gasteiger partial charge on any atom is 0.303 e. The van der Waals surface area contributed by atoms with Crippen LogP contribution in [0.5, 0.6) is 5.88 Å². The maximum atomic E-state index is 12.2. The summed E-state index contributed by atoms with van der Waals surface area (Å²) in [6, 6.07) is 6.02. The molecule has 1 aliphatic rings. The zero-order valence-electron chi connectivity index (χ0n) is 26.7. The van der Waals surface area contributed by atoms with Gasteiger partial charge in [-0.05, 0) is 36.0 Å². The largest absolute Gasteiger partial charge is 0.463 e. The van der Waals surface area contributed by atoms with E-state index in [0.717, 1.165) is 48.7 Å². The predicted octanol–water partition coefficient (Wildman–Crippen LogP) is 3.29. The summed E-state index contributed by atoms with van der Waals surface area (Å²) in [6.45, 7) is 10.4. The smallest absolute Gasteiger partial charge is 0.303 e. The lowest BCUT2D eigenvalue weighted by Gasteiger charge is -2.43. The van der Waals surface area contributed by atoms with Crippen LogP contribution in [0, 0.1) is 6.92 Å². The van der Waals surface area contributed by atoms with Crippen molar-refractivity contribution in [1.29, 1.82) is 0 Å². The number of ether oxygens (including phenoxy) is 6. The molecule has 0 amide bonds. The summed E-state index contributed by atoms with van der Waals surface area (Å²) < 4.78 is 34.0. The van der Waals surface area contributed by atoms with Crippen molar-refractivity contribution in [1.82, 2.24) is 10.2 Å². The highest BCUT2D eigenvalue weighted by Crippen LogP contribution is 2.34. The molecule has 2 aromatic rings. The van der Waals surface area contributed by atoms with E-state index in [1.807, 2.05) is 51.1 Å². The van der Waals surface area contributed by atoms with Gasteiger partial charge in [-0.1, -0.05) is 44.2 Å². The van der Waals surface area contributed by atoms with Crippen LogP contribution in [0.1, 0.15) is 81.8 Å². The molecule has 1 unspecified atom stereocenters. The number of benzene rings is 1. The highest BCUT2D eigenvalue weighted by atomic mass is 16.7. The van der Waals surface area contributed by atoms with E-state index in [4.69, 9.17) is 33.5 Å². The van der Waals surface area contributed by atoms with Crippen LogP contribution in [-0.4, -0.2) is 83.1 Å². The quantitative estimate of drug-likeness (QED) is 0.245. The second-order valence-corrected chi connectivity index (χ2v) is 11.0. The van der Waals surface area contributed by atoms with E-state index in [9.17, 15) is 19.2 Å². The number of nitrogens with zero attached hydrogens (tertiary/aromatic N) is 1. The van der Waals surface area contributed by atoms with Crippen molar-refractivity contribution in [2.24, 2.45) is 0 Å². The minimum atomic E-state index is -1.41. The fourth-order valence-corrected chi connectivity index (χ4v) is 5.01. The number of nitrogens with one attached hydrogen (secondary N) is 1. The highest BCUT2D eigenvalue weighted by Gasteiger charge is 2.53. The minimum absolute atomic E-state index is 0.0289. The first-order valence-corrected chi connectivity index (χ1v) is 14.7. The molecule has 0 aliphatic carbocycles. The number of esters is 4. The van der Waals surface area contributed by atoms with Gasteiger partial charge in [-0.15, -0.1) is 5.10 Å². The third kappa shape index (κ3) is 9.88. The number of H-pyrrole nitrogens is 1. The van der Waals surface area contributed by atoms with Crippen molar-refractivity contribution < 1.29 is 52.7 Å². The van der Waals surface area contributed by atoms with Crippen LogP contribution in [-0.2, 0) is 49.3 Å². The molecule has 45 heavy (non-hydrogen) atoms. The summed E-state index contributed by atoms with van der Waals surface area (Å²) in [6.07, 6.45) is -1.77. The minimum Gasteiger partial charge on any atom is -0.463 e. The molecule has 1 saturated heterocycles. The van der Waals surface area contributed by atoms with Gasteiger partial charge in [-0.2, -0.15) is 0 Å². The SMILES string of the molecule is CC(=O)OC[C@H]1OC(Oc2n[nH]c(C(C)C)c2Cc2ccc(/C=C/CCO)cc2C)[C@H](OC(C)=O)[C@@H](OC(C)=O)[C@@H]1OC(C)=O. The number of carbonyl (C=O) groups excluding carboxylic acids is 4. The first kappa shape index (κ1) is 35.3. The molecule has 2 N–H and O–H groups in total. The van der Waals surface area contributed by atoms with E-state index >= 15 is 0 Å². The number of hydrogen-bond acceptors (Lipinski definition) is 12. The Morgan fingerprint density at radius 1 is 0.978 bits per heavy atom. The van der Waals surface area contributed by atoms with E-state index in [1.165, 1.54) is 6.92 Å². The number of aryl methyl sites for hydroxylation is 1. The van der Waals surface area contributed by atoms with E-state index in [0.29, 0.717) is 12.8 Å². The van der Waals surface area contributed by atoms with Gasteiger partial charge in [0.05, 0.1) is 0 Å². The van der Waals surface area contributed by atoms with Gasteiger partial charge in [0.15, 0.2) is 12.2 Å². The monoisotopic (exact) mass is 630 g/mol. The standard InChI is InChI=1S/C32H42N2O11/c1-17(2)27-25(15-24-12-11-23(14-18(24)3)10-8-9-13-35)31(34-33-27)45-32-30(43-22(7)39)29(42-21(6)38)28(41-20(5)37)26(44-32)16-40-19(4)36/h8,10-12,14,17,26,28-30,32,35H,9,13,15-16H2,1-7H3,(H,33,34)/b10-8+/t26-,28-,29+,30-,32?/m1/s1. The molecule has 1 aromatic heterocycles. The van der Waals surface area contributed by atoms with Crippen molar-refractivity contribution in [2.75, 3.05) is 13.2 Å². The first-order chi connectivity index (χ1) is 21.3. The van der Waals surface area contributed by atoms with Gasteiger partial charge >= 0.3 is 23.9 Å². The molecule has 0 radical (unpaired) electrons. The van der Waals surface area contributed by atoms with Crippen LogP contribution < -0.4 is 4.74 Å². The first-order valence-electron chi connectivity index (χ1n) is 14.7. The molecular formula is C32H42N2O11. The summed E-state index contributed by atoms with van der Waals surface area (Å²) in [4.78, 5) is 48.1. The summed E-state index contributed by atoms with van der Waals surface area (Å²) in [5, 5.41) is 16.5. The van der Waals surface area contributed by atoms with Crippen LogP contribution in [0.25, 0.3) is 6.08 Å². The van der Waals surface area contributed by atoms with Gasteiger partial charge in [0.2, 0.25) is 18.3 Å². The lowest BCUT2D eigenvalue weighted by molar-refractivity contribution is -0.289. The number of carbonyl (C=O) groups is 4. The highest BCUT2D eigenvalue weighted by molar-refractivity contribution is 5.68. The Morgan fingerprint density at radius 2 is 1.62 bits per heavy atom. The lowest BCUT2D eigenvalue weighted by Crippen LogP contribution is -2.63. The molecule has 1 fully saturated rings. The van der Waals surface area contributed by atoms with Crippen molar-refractivity contribution in [3.8, 4) is 5.88 Å². The molecule has 1 aliphatic heterocycles. The van der Waals surface area contributed by atoms with E-state index in [1.54, 1.807) is 0 Å². The normalized spacial score (nSPS) is 21.4. The Balaban J connectivity index is 2.03. The molecule has 0 saturated carbocycles. The third-order valence-corrected chi connectivity index (χ3v) is 6.95. The average molecular weight is 631 g/mol. The van der Waals surface area contributed by atoms with E-state index < -0.39 is 54.6 Å². The van der Waals surface area contributed by atoms with Gasteiger partial charge in [0.1, 0.15) is 12.7 Å². The predicted molar refractivity (Wildman–Crippen MR) is 160 cm³/mol. The van der Waals surface area contributed by atoms with E-state index in [-0.39, 0.29) is 25.0 Å². The molecule has 13 heteroatoms. The molecule has 2 heterocycles. The van der Waals surface area contributed by atoms with Gasteiger partial charge < -0.3 is 33.5 Å². The lowest BCUT2D eigenvalue weighted by atomic mass is 9.95. The summed E-state index contributed by atoms with van der Waals surface area (Å²) in [5.41, 5.74) is 4.56. The number of aromatic nitrogens is 2. The van der Waals surface area contributed by atoms with E-state index in [2.05, 4.69) is 10.2 Å².